The second-order valence-electron chi connectivity index (χ2n) is 8.36. The Morgan fingerprint density at radius 3 is 2.71 bits per heavy atom. The molecule has 1 saturated carbocycles. The first-order valence-electron chi connectivity index (χ1n) is 9.98. The van der Waals surface area contributed by atoms with Gasteiger partial charge < -0.3 is 25.0 Å². The molecule has 1 aliphatic carbocycles. The standard InChI is InChI=1S/C21H31N3O4/c1-13-10-24(14(2)12-25)21(27)17-9-16(22-20(26)15-5-6-15)7-8-18(17)28-19(13)11-23(3)4/h7-9,13-15,19,25H,5-6,10-12H2,1-4H3,(H,22,26)/t13-,14+,19-/m0/s1. The third-order valence-corrected chi connectivity index (χ3v) is 5.43. The smallest absolute Gasteiger partial charge is 0.258 e. The Labute approximate surface area is 166 Å². The maximum atomic E-state index is 13.3. The van der Waals surface area contributed by atoms with Crippen LogP contribution in [0.5, 0.6) is 5.75 Å². The molecule has 3 atom stereocenters. The van der Waals surface area contributed by atoms with Gasteiger partial charge >= 0.3 is 0 Å². The Kier molecular flexibility index (Phi) is 6.25. The van der Waals surface area contributed by atoms with Crippen LogP contribution in [0.1, 0.15) is 37.0 Å². The van der Waals surface area contributed by atoms with Gasteiger partial charge in [-0.05, 0) is 52.1 Å². The fourth-order valence-corrected chi connectivity index (χ4v) is 3.47. The van der Waals surface area contributed by atoms with Crippen LogP contribution in [-0.2, 0) is 4.79 Å². The van der Waals surface area contributed by atoms with Crippen LogP contribution >= 0.6 is 0 Å². The van der Waals surface area contributed by atoms with E-state index in [1.165, 1.54) is 0 Å². The highest BCUT2D eigenvalue weighted by atomic mass is 16.5. The highest BCUT2D eigenvalue weighted by Gasteiger charge is 2.34. The van der Waals surface area contributed by atoms with Gasteiger partial charge in [0.25, 0.3) is 5.91 Å². The Balaban J connectivity index is 1.95. The van der Waals surface area contributed by atoms with Crippen molar-refractivity contribution >= 4 is 17.5 Å². The third-order valence-electron chi connectivity index (χ3n) is 5.43. The van der Waals surface area contributed by atoms with E-state index >= 15 is 0 Å². The van der Waals surface area contributed by atoms with Crippen LogP contribution in [0, 0.1) is 11.8 Å². The minimum absolute atomic E-state index is 0.00106. The lowest BCUT2D eigenvalue weighted by molar-refractivity contribution is -0.117. The number of carbonyl (C=O) groups excluding carboxylic acids is 2. The summed E-state index contributed by atoms with van der Waals surface area (Å²) in [4.78, 5) is 29.1. The van der Waals surface area contributed by atoms with E-state index in [9.17, 15) is 14.7 Å². The Bertz CT molecular complexity index is 732. The van der Waals surface area contributed by atoms with E-state index in [-0.39, 0.29) is 42.4 Å². The van der Waals surface area contributed by atoms with Crippen LogP contribution in [0.25, 0.3) is 0 Å². The van der Waals surface area contributed by atoms with Gasteiger partial charge in [0.05, 0.1) is 18.2 Å². The lowest BCUT2D eigenvalue weighted by Gasteiger charge is -2.37. The van der Waals surface area contributed by atoms with Crippen LogP contribution < -0.4 is 10.1 Å². The van der Waals surface area contributed by atoms with Crippen molar-refractivity contribution in [1.29, 1.82) is 0 Å². The van der Waals surface area contributed by atoms with Crippen molar-refractivity contribution in [3.63, 3.8) is 0 Å². The third kappa shape index (κ3) is 4.64. The summed E-state index contributed by atoms with van der Waals surface area (Å²) in [5, 5.41) is 12.6. The molecule has 2 N–H and O–H groups in total. The zero-order chi connectivity index (χ0) is 20.4. The zero-order valence-electron chi connectivity index (χ0n) is 17.1. The maximum Gasteiger partial charge on any atom is 0.258 e. The minimum Gasteiger partial charge on any atom is -0.488 e. The van der Waals surface area contributed by atoms with E-state index in [0.29, 0.717) is 23.5 Å². The molecule has 0 spiro atoms. The molecule has 3 rings (SSSR count). The number of carbonyl (C=O) groups is 2. The Morgan fingerprint density at radius 2 is 2.11 bits per heavy atom. The van der Waals surface area contributed by atoms with Gasteiger partial charge in [-0.1, -0.05) is 6.92 Å². The number of nitrogens with one attached hydrogen (secondary N) is 1. The predicted molar refractivity (Wildman–Crippen MR) is 108 cm³/mol. The fourth-order valence-electron chi connectivity index (χ4n) is 3.47. The normalized spacial score (nSPS) is 23.5. The zero-order valence-corrected chi connectivity index (χ0v) is 17.1. The SMILES string of the molecule is C[C@H](CO)N1C[C@H](C)[C@H](CN(C)C)Oc2ccc(NC(=O)C3CC3)cc2C1=O. The summed E-state index contributed by atoms with van der Waals surface area (Å²) in [6, 6.07) is 4.94. The molecule has 2 amide bonds. The number of amides is 2. The van der Waals surface area contributed by atoms with Gasteiger partial charge in [-0.25, -0.2) is 0 Å². The van der Waals surface area contributed by atoms with Crippen molar-refractivity contribution < 1.29 is 19.4 Å². The van der Waals surface area contributed by atoms with E-state index in [0.717, 1.165) is 19.4 Å². The van der Waals surface area contributed by atoms with Crippen molar-refractivity contribution in [3.8, 4) is 5.75 Å². The second kappa shape index (κ2) is 8.49. The van der Waals surface area contributed by atoms with Gasteiger partial charge in [0, 0.05) is 30.6 Å². The molecule has 0 saturated heterocycles. The molecule has 1 fully saturated rings. The summed E-state index contributed by atoms with van der Waals surface area (Å²) in [6.45, 7) is 5.01. The summed E-state index contributed by atoms with van der Waals surface area (Å²) >= 11 is 0. The van der Waals surface area contributed by atoms with Crippen molar-refractivity contribution in [2.45, 2.75) is 38.8 Å². The number of aliphatic hydroxyl groups is 1. The average molecular weight is 389 g/mol. The molecule has 1 heterocycles. The first kappa shape index (κ1) is 20.6. The molecular formula is C21H31N3O4. The highest BCUT2D eigenvalue weighted by Crippen LogP contribution is 2.33. The van der Waals surface area contributed by atoms with Crippen molar-refractivity contribution in [1.82, 2.24) is 9.80 Å². The number of nitrogens with zero attached hydrogens (tertiary/aromatic N) is 2. The quantitative estimate of drug-likeness (QED) is 0.776. The van der Waals surface area contributed by atoms with E-state index in [1.807, 2.05) is 21.0 Å². The summed E-state index contributed by atoms with van der Waals surface area (Å²) in [6.07, 6.45) is 1.75. The van der Waals surface area contributed by atoms with E-state index in [2.05, 4.69) is 17.1 Å². The van der Waals surface area contributed by atoms with Crippen molar-refractivity contribution in [3.05, 3.63) is 23.8 Å². The number of anilines is 1. The summed E-state index contributed by atoms with van der Waals surface area (Å²) in [5.74, 6) is 0.518. The molecule has 2 aliphatic rings. The van der Waals surface area contributed by atoms with Gasteiger partial charge in [-0.2, -0.15) is 0 Å². The summed E-state index contributed by atoms with van der Waals surface area (Å²) in [7, 11) is 3.98. The predicted octanol–water partition coefficient (Wildman–Crippen LogP) is 1.82. The number of benzene rings is 1. The second-order valence-corrected chi connectivity index (χ2v) is 8.36. The lowest BCUT2D eigenvalue weighted by atomic mass is 9.99. The molecule has 0 radical (unpaired) electrons. The minimum atomic E-state index is -0.300. The number of fused-ring (bicyclic) bond motifs is 1. The molecule has 154 valence electrons. The van der Waals surface area contributed by atoms with Crippen LogP contribution in [0.4, 0.5) is 5.69 Å². The first-order valence-corrected chi connectivity index (χ1v) is 9.98. The van der Waals surface area contributed by atoms with E-state index < -0.39 is 0 Å². The molecule has 0 bridgehead atoms. The van der Waals surface area contributed by atoms with Gasteiger partial charge in [0.15, 0.2) is 0 Å². The number of hydrogen-bond donors (Lipinski definition) is 2. The van der Waals surface area contributed by atoms with Crippen LogP contribution in [-0.4, -0.2) is 72.7 Å². The van der Waals surface area contributed by atoms with Crippen LogP contribution in [0.15, 0.2) is 18.2 Å². The topological polar surface area (TPSA) is 82.1 Å². The number of ether oxygens (including phenoxy) is 1. The summed E-state index contributed by atoms with van der Waals surface area (Å²) in [5.41, 5.74) is 1.02. The molecule has 1 aromatic rings. The fraction of sp³-hybridized carbons (Fsp3) is 0.619. The van der Waals surface area contributed by atoms with E-state index in [1.54, 1.807) is 23.1 Å². The Hall–Kier alpha value is -2.12. The van der Waals surface area contributed by atoms with Gasteiger partial charge in [-0.3, -0.25) is 9.59 Å². The first-order chi connectivity index (χ1) is 13.3. The number of rotatable bonds is 6. The molecular weight excluding hydrogens is 358 g/mol. The molecule has 0 unspecified atom stereocenters. The summed E-state index contributed by atoms with van der Waals surface area (Å²) < 4.78 is 6.25. The molecule has 1 aromatic carbocycles. The lowest BCUT2D eigenvalue weighted by Crippen LogP contribution is -2.49. The van der Waals surface area contributed by atoms with Gasteiger partial charge in [0.2, 0.25) is 5.91 Å². The highest BCUT2D eigenvalue weighted by molar-refractivity contribution is 6.00. The van der Waals surface area contributed by atoms with Gasteiger partial charge in [0.1, 0.15) is 11.9 Å². The van der Waals surface area contributed by atoms with Crippen LogP contribution in [0.3, 0.4) is 0 Å². The molecule has 7 nitrogen and oxygen atoms in total. The molecule has 1 aliphatic heterocycles. The maximum absolute atomic E-state index is 13.3. The van der Waals surface area contributed by atoms with Crippen LogP contribution in [0.2, 0.25) is 0 Å². The Morgan fingerprint density at radius 1 is 1.39 bits per heavy atom. The largest absolute Gasteiger partial charge is 0.488 e. The number of hydrogen-bond acceptors (Lipinski definition) is 5. The number of aliphatic hydroxyl groups excluding tert-OH is 1. The van der Waals surface area contributed by atoms with Gasteiger partial charge in [-0.15, -0.1) is 0 Å². The van der Waals surface area contributed by atoms with Crippen molar-refractivity contribution in [2.24, 2.45) is 11.8 Å². The average Bonchev–Trinajstić information content (AvgIpc) is 3.49. The van der Waals surface area contributed by atoms with Crippen molar-refractivity contribution in [2.75, 3.05) is 39.1 Å². The molecule has 7 heteroatoms. The molecule has 0 aromatic heterocycles. The molecule has 28 heavy (non-hydrogen) atoms. The monoisotopic (exact) mass is 389 g/mol. The van der Waals surface area contributed by atoms with E-state index in [4.69, 9.17) is 4.74 Å². The number of likely N-dealkylation sites (N-methyl/N-ethyl adjacent to an activating group) is 1.